The summed E-state index contributed by atoms with van der Waals surface area (Å²) in [5, 5.41) is 31.4. The predicted molar refractivity (Wildman–Crippen MR) is 121 cm³/mol. The predicted octanol–water partition coefficient (Wildman–Crippen LogP) is 2.31. The lowest BCUT2D eigenvalue weighted by Gasteiger charge is -2.41. The van der Waals surface area contributed by atoms with Gasteiger partial charge in [0.15, 0.2) is 17.3 Å². The lowest BCUT2D eigenvalue weighted by Crippen LogP contribution is -2.56. The van der Waals surface area contributed by atoms with Gasteiger partial charge in [0.05, 0.1) is 30.7 Å². The minimum atomic E-state index is -0.911. The molecule has 0 aromatic heterocycles. The number of carbonyl (C=O) groups is 2. The van der Waals surface area contributed by atoms with Crippen molar-refractivity contribution in [2.24, 2.45) is 0 Å². The van der Waals surface area contributed by atoms with Crippen LogP contribution in [0.3, 0.4) is 0 Å². The molecule has 2 aliphatic rings. The molecule has 3 N–H and O–H groups in total. The monoisotopic (exact) mass is 471 g/mol. The van der Waals surface area contributed by atoms with Crippen LogP contribution < -0.4 is 9.47 Å². The minimum Gasteiger partial charge on any atom is -0.502 e. The van der Waals surface area contributed by atoms with Gasteiger partial charge >= 0.3 is 0 Å². The SMILES string of the molecule is CC(=O)N(C)C1CC(Oc2cc(CO)c3c(c2O)OC(c2ccccc2)CC3=O)OC(C)C1O. The van der Waals surface area contributed by atoms with Crippen molar-refractivity contribution in [2.75, 3.05) is 7.05 Å². The molecule has 9 heteroatoms. The molecule has 2 aliphatic heterocycles. The molecule has 0 saturated carbocycles. The van der Waals surface area contributed by atoms with Crippen LogP contribution in [0.25, 0.3) is 0 Å². The number of nitrogens with zero attached hydrogens (tertiary/aromatic N) is 1. The molecule has 9 nitrogen and oxygen atoms in total. The van der Waals surface area contributed by atoms with E-state index in [0.717, 1.165) is 5.56 Å². The first-order valence-corrected chi connectivity index (χ1v) is 11.2. The second-order valence-electron chi connectivity index (χ2n) is 8.70. The highest BCUT2D eigenvalue weighted by molar-refractivity contribution is 6.02. The highest BCUT2D eigenvalue weighted by Gasteiger charge is 2.40. The van der Waals surface area contributed by atoms with Gasteiger partial charge in [0.2, 0.25) is 17.9 Å². The third-order valence-electron chi connectivity index (χ3n) is 6.48. The first kappa shape index (κ1) is 24.0. The van der Waals surface area contributed by atoms with Gasteiger partial charge in [0.25, 0.3) is 0 Å². The molecule has 182 valence electrons. The maximum absolute atomic E-state index is 12.9. The van der Waals surface area contributed by atoms with E-state index >= 15 is 0 Å². The van der Waals surface area contributed by atoms with E-state index in [9.17, 15) is 24.9 Å². The summed E-state index contributed by atoms with van der Waals surface area (Å²) in [7, 11) is 1.59. The Kier molecular flexibility index (Phi) is 6.79. The molecule has 2 aromatic carbocycles. The first-order chi connectivity index (χ1) is 16.2. The molecule has 0 radical (unpaired) electrons. The second-order valence-corrected chi connectivity index (χ2v) is 8.70. The van der Waals surface area contributed by atoms with Crippen LogP contribution >= 0.6 is 0 Å². The molecular formula is C25H29NO8. The molecule has 0 aliphatic carbocycles. The number of aliphatic hydroxyl groups excluding tert-OH is 2. The number of phenolic OH excluding ortho intramolecular Hbond substituents is 1. The zero-order valence-corrected chi connectivity index (χ0v) is 19.3. The number of aliphatic hydroxyl groups is 2. The van der Waals surface area contributed by atoms with E-state index < -0.39 is 37.3 Å². The van der Waals surface area contributed by atoms with Gasteiger partial charge in [-0.3, -0.25) is 9.59 Å². The summed E-state index contributed by atoms with van der Waals surface area (Å²) in [6.07, 6.45) is -2.81. The summed E-state index contributed by atoms with van der Waals surface area (Å²) in [5.41, 5.74) is 1.17. The van der Waals surface area contributed by atoms with E-state index in [1.54, 1.807) is 14.0 Å². The number of aromatic hydroxyl groups is 1. The molecule has 2 aromatic rings. The Morgan fingerprint density at radius 1 is 1.26 bits per heavy atom. The lowest BCUT2D eigenvalue weighted by molar-refractivity contribution is -0.204. The number of amides is 1. The van der Waals surface area contributed by atoms with Crippen molar-refractivity contribution in [1.82, 2.24) is 4.90 Å². The topological polar surface area (TPSA) is 126 Å². The smallest absolute Gasteiger partial charge is 0.219 e. The number of rotatable bonds is 5. The Morgan fingerprint density at radius 3 is 2.62 bits per heavy atom. The number of phenols is 1. The van der Waals surface area contributed by atoms with Gasteiger partial charge in [-0.05, 0) is 24.1 Å². The van der Waals surface area contributed by atoms with Gasteiger partial charge < -0.3 is 34.4 Å². The quantitative estimate of drug-likeness (QED) is 0.607. The standard InChI is InChI=1S/C25H29NO8/c1-13-23(30)17(26(3)14(2)28)10-21(32-13)33-20-9-16(12-27)22-18(29)11-19(34-25(22)24(20)31)15-7-5-4-6-8-15/h4-9,13,17,19,21,23,27,30-31H,10-12H2,1-3H3. The average molecular weight is 472 g/mol. The highest BCUT2D eigenvalue weighted by atomic mass is 16.7. The Balaban J connectivity index is 1.65. The number of hydrogen-bond acceptors (Lipinski definition) is 8. The van der Waals surface area contributed by atoms with Gasteiger partial charge in [-0.15, -0.1) is 0 Å². The third-order valence-corrected chi connectivity index (χ3v) is 6.48. The number of hydrogen-bond donors (Lipinski definition) is 3. The summed E-state index contributed by atoms with van der Waals surface area (Å²) in [6.45, 7) is 2.61. The Labute approximate surface area is 197 Å². The Hall–Kier alpha value is -3.14. The van der Waals surface area contributed by atoms with Crippen LogP contribution in [0, 0.1) is 0 Å². The second kappa shape index (κ2) is 9.61. The maximum Gasteiger partial charge on any atom is 0.219 e. The minimum absolute atomic E-state index is 0.0258. The van der Waals surface area contributed by atoms with Crippen molar-refractivity contribution >= 4 is 11.7 Å². The number of Topliss-reactive ketones (excluding diaryl/α,β-unsaturated/α-hetero) is 1. The van der Waals surface area contributed by atoms with Crippen molar-refractivity contribution in [3.05, 3.63) is 53.1 Å². The number of fused-ring (bicyclic) bond motifs is 1. The molecule has 2 heterocycles. The summed E-state index contributed by atoms with van der Waals surface area (Å²) < 4.78 is 17.7. The van der Waals surface area contributed by atoms with Crippen LogP contribution in [0.15, 0.2) is 36.4 Å². The van der Waals surface area contributed by atoms with Crippen LogP contribution in [0.4, 0.5) is 0 Å². The van der Waals surface area contributed by atoms with Crippen molar-refractivity contribution in [1.29, 1.82) is 0 Å². The largest absolute Gasteiger partial charge is 0.502 e. The first-order valence-electron chi connectivity index (χ1n) is 11.2. The third kappa shape index (κ3) is 4.46. The van der Waals surface area contributed by atoms with E-state index in [1.807, 2.05) is 30.3 Å². The fourth-order valence-corrected chi connectivity index (χ4v) is 4.48. The molecule has 5 atom stereocenters. The Bertz CT molecular complexity index is 1070. The molecule has 5 unspecified atom stereocenters. The molecule has 0 spiro atoms. The molecule has 1 saturated heterocycles. The summed E-state index contributed by atoms with van der Waals surface area (Å²) in [5.74, 6) is -0.917. The van der Waals surface area contributed by atoms with Crippen molar-refractivity contribution in [2.45, 2.75) is 63.9 Å². The van der Waals surface area contributed by atoms with Crippen LogP contribution in [0.1, 0.15) is 54.3 Å². The summed E-state index contributed by atoms with van der Waals surface area (Å²) in [6, 6.07) is 10.0. The highest BCUT2D eigenvalue weighted by Crippen LogP contribution is 2.48. The molecule has 1 amide bonds. The van der Waals surface area contributed by atoms with Crippen LogP contribution in [0.5, 0.6) is 17.2 Å². The van der Waals surface area contributed by atoms with E-state index in [-0.39, 0.29) is 52.9 Å². The molecule has 34 heavy (non-hydrogen) atoms. The van der Waals surface area contributed by atoms with Gasteiger partial charge in [-0.1, -0.05) is 30.3 Å². The number of ketones is 1. The van der Waals surface area contributed by atoms with Gasteiger partial charge in [-0.2, -0.15) is 0 Å². The zero-order valence-electron chi connectivity index (χ0n) is 19.3. The fraction of sp³-hybridized carbons (Fsp3) is 0.440. The normalized spacial score (nSPS) is 26.4. The van der Waals surface area contributed by atoms with Gasteiger partial charge in [-0.25, -0.2) is 0 Å². The summed E-state index contributed by atoms with van der Waals surface area (Å²) >= 11 is 0. The van der Waals surface area contributed by atoms with Crippen LogP contribution in [0.2, 0.25) is 0 Å². The van der Waals surface area contributed by atoms with Crippen LogP contribution in [-0.4, -0.2) is 63.5 Å². The fourth-order valence-electron chi connectivity index (χ4n) is 4.48. The summed E-state index contributed by atoms with van der Waals surface area (Å²) in [4.78, 5) is 26.2. The number of carbonyl (C=O) groups excluding carboxylic acids is 2. The number of likely N-dealkylation sites (N-methyl/N-ethyl adjacent to an activating group) is 1. The van der Waals surface area contributed by atoms with Crippen molar-refractivity contribution < 1.29 is 39.1 Å². The Morgan fingerprint density at radius 2 is 1.97 bits per heavy atom. The van der Waals surface area contributed by atoms with Gasteiger partial charge in [0, 0.05) is 20.4 Å². The lowest BCUT2D eigenvalue weighted by atomic mass is 9.92. The molecular weight excluding hydrogens is 442 g/mol. The van der Waals surface area contributed by atoms with Crippen molar-refractivity contribution in [3.8, 4) is 17.2 Å². The molecule has 4 rings (SSSR count). The van der Waals surface area contributed by atoms with Crippen LogP contribution in [-0.2, 0) is 16.1 Å². The molecule has 0 bridgehead atoms. The maximum atomic E-state index is 12.9. The molecule has 1 fully saturated rings. The average Bonchev–Trinajstić information content (AvgIpc) is 2.83. The van der Waals surface area contributed by atoms with Crippen molar-refractivity contribution in [3.63, 3.8) is 0 Å². The van der Waals surface area contributed by atoms with E-state index in [2.05, 4.69) is 0 Å². The number of benzene rings is 2. The van der Waals surface area contributed by atoms with E-state index in [4.69, 9.17) is 14.2 Å². The van der Waals surface area contributed by atoms with E-state index in [1.165, 1.54) is 17.9 Å². The van der Waals surface area contributed by atoms with E-state index in [0.29, 0.717) is 0 Å². The zero-order chi connectivity index (χ0) is 24.6. The number of ether oxygens (including phenoxy) is 3. The van der Waals surface area contributed by atoms with Gasteiger partial charge in [0.1, 0.15) is 12.2 Å².